The lowest BCUT2D eigenvalue weighted by Gasteiger charge is -2.27. The van der Waals surface area contributed by atoms with Crippen LogP contribution in [0.15, 0.2) is 41.8 Å². The molecule has 0 saturated heterocycles. The smallest absolute Gasteiger partial charge is 0.410 e. The van der Waals surface area contributed by atoms with Gasteiger partial charge in [0.15, 0.2) is 0 Å². The van der Waals surface area contributed by atoms with Gasteiger partial charge in [-0.15, -0.1) is 13.2 Å². The van der Waals surface area contributed by atoms with Gasteiger partial charge in [0.25, 0.3) is 0 Å². The average molecular weight is 381 g/mol. The molecule has 0 spiro atoms. The molecule has 0 amide bonds. The summed E-state index contributed by atoms with van der Waals surface area (Å²) in [6.07, 6.45) is 4.03. The molecule has 0 saturated carbocycles. The Bertz CT molecular complexity index is 709. The van der Waals surface area contributed by atoms with Crippen LogP contribution < -0.4 is 0 Å². The average Bonchev–Trinajstić information content (AvgIpc) is 2.45. The van der Waals surface area contributed by atoms with Crippen LogP contribution in [0.3, 0.4) is 0 Å². The minimum Gasteiger partial charge on any atom is -0.410 e. The molecule has 2 nitrogen and oxygen atoms in total. The highest BCUT2D eigenvalue weighted by Gasteiger charge is 2.32. The van der Waals surface area contributed by atoms with Crippen molar-refractivity contribution in [3.05, 3.63) is 53.1 Å². The standard InChI is InChI=1S/C22H30F3NO/c1-20(2,3)13-17-10-11-26-18(12-17)15-21(4,5)14-16-6-8-19(9-7-16)27-22(23,24)25/h6,8,10-12H,7,9,13-15H2,1-5H3. The second-order valence-electron chi connectivity index (χ2n) is 9.42. The molecule has 0 aromatic carbocycles. The van der Waals surface area contributed by atoms with Gasteiger partial charge in [0.2, 0.25) is 0 Å². The van der Waals surface area contributed by atoms with Gasteiger partial charge in [-0.3, -0.25) is 4.98 Å². The normalized spacial score (nSPS) is 16.0. The summed E-state index contributed by atoms with van der Waals surface area (Å²) in [7, 11) is 0. The van der Waals surface area contributed by atoms with E-state index < -0.39 is 6.36 Å². The summed E-state index contributed by atoms with van der Waals surface area (Å²) in [5.74, 6) is -0.0133. The van der Waals surface area contributed by atoms with Crippen LogP contribution in [-0.4, -0.2) is 11.3 Å². The van der Waals surface area contributed by atoms with Gasteiger partial charge in [0.1, 0.15) is 5.76 Å². The Labute approximate surface area is 160 Å². The minimum absolute atomic E-state index is 0.0133. The molecule has 1 aliphatic rings. The van der Waals surface area contributed by atoms with E-state index >= 15 is 0 Å². The minimum atomic E-state index is -4.61. The van der Waals surface area contributed by atoms with Gasteiger partial charge < -0.3 is 4.74 Å². The van der Waals surface area contributed by atoms with Crippen molar-refractivity contribution in [1.29, 1.82) is 0 Å². The fraction of sp³-hybridized carbons (Fsp3) is 0.591. The summed E-state index contributed by atoms with van der Waals surface area (Å²) in [5.41, 5.74) is 3.71. The Hall–Kier alpha value is -1.78. The molecule has 0 bridgehead atoms. The number of allylic oxidation sites excluding steroid dienone is 4. The van der Waals surface area contributed by atoms with E-state index in [4.69, 9.17) is 0 Å². The second-order valence-corrected chi connectivity index (χ2v) is 9.42. The maximum Gasteiger partial charge on any atom is 0.572 e. The van der Waals surface area contributed by atoms with Crippen molar-refractivity contribution in [1.82, 2.24) is 4.98 Å². The molecule has 0 radical (unpaired) electrons. The lowest BCUT2D eigenvalue weighted by Crippen LogP contribution is -2.19. The largest absolute Gasteiger partial charge is 0.572 e. The van der Waals surface area contributed by atoms with Crippen LogP contribution in [0.4, 0.5) is 13.2 Å². The zero-order valence-corrected chi connectivity index (χ0v) is 16.9. The van der Waals surface area contributed by atoms with Gasteiger partial charge >= 0.3 is 6.36 Å². The molecule has 2 rings (SSSR count). The van der Waals surface area contributed by atoms with Crippen LogP contribution in [0.25, 0.3) is 0 Å². The SMILES string of the molecule is CC(C)(C)Cc1ccnc(CC(C)(C)CC2=CC=C(OC(F)(F)F)CC2)c1. The second kappa shape index (κ2) is 8.07. The third kappa shape index (κ3) is 8.19. The molecule has 1 aromatic rings. The van der Waals surface area contributed by atoms with E-state index in [-0.39, 0.29) is 16.6 Å². The van der Waals surface area contributed by atoms with Gasteiger partial charge in [-0.05, 0) is 60.3 Å². The van der Waals surface area contributed by atoms with Crippen LogP contribution >= 0.6 is 0 Å². The molecular formula is C22H30F3NO. The molecule has 0 unspecified atom stereocenters. The van der Waals surface area contributed by atoms with Crippen LogP contribution in [0.2, 0.25) is 0 Å². The summed E-state index contributed by atoms with van der Waals surface area (Å²) in [6.45, 7) is 11.0. The summed E-state index contributed by atoms with van der Waals surface area (Å²) < 4.78 is 40.9. The molecule has 150 valence electrons. The first-order chi connectivity index (χ1) is 12.3. The van der Waals surface area contributed by atoms with Crippen molar-refractivity contribution >= 4 is 0 Å². The van der Waals surface area contributed by atoms with E-state index in [1.807, 2.05) is 6.20 Å². The van der Waals surface area contributed by atoms with E-state index in [1.54, 1.807) is 6.08 Å². The number of nitrogens with zero attached hydrogens (tertiary/aromatic N) is 1. The molecule has 0 atom stereocenters. The molecule has 0 N–H and O–H groups in total. The van der Waals surface area contributed by atoms with Crippen LogP contribution in [0, 0.1) is 10.8 Å². The highest BCUT2D eigenvalue weighted by molar-refractivity contribution is 5.23. The fourth-order valence-electron chi connectivity index (χ4n) is 3.56. The van der Waals surface area contributed by atoms with E-state index in [9.17, 15) is 13.2 Å². The topological polar surface area (TPSA) is 22.1 Å². The summed E-state index contributed by atoms with van der Waals surface area (Å²) in [6, 6.07) is 4.25. The predicted molar refractivity (Wildman–Crippen MR) is 102 cm³/mol. The van der Waals surface area contributed by atoms with Crippen LogP contribution in [-0.2, 0) is 17.6 Å². The van der Waals surface area contributed by atoms with Crippen molar-refractivity contribution in [3.63, 3.8) is 0 Å². The van der Waals surface area contributed by atoms with Gasteiger partial charge in [0, 0.05) is 18.3 Å². The Morgan fingerprint density at radius 3 is 2.22 bits per heavy atom. The van der Waals surface area contributed by atoms with Gasteiger partial charge in [-0.2, -0.15) is 0 Å². The number of alkyl halides is 3. The van der Waals surface area contributed by atoms with Crippen LogP contribution in [0.1, 0.15) is 65.1 Å². The maximum atomic E-state index is 12.3. The summed E-state index contributed by atoms with van der Waals surface area (Å²) in [5, 5.41) is 0. The summed E-state index contributed by atoms with van der Waals surface area (Å²) in [4.78, 5) is 4.52. The molecule has 5 heteroatoms. The zero-order chi connectivity index (χ0) is 20.3. The van der Waals surface area contributed by atoms with Crippen molar-refractivity contribution in [2.75, 3.05) is 0 Å². The Balaban J connectivity index is 2.00. The lowest BCUT2D eigenvalue weighted by atomic mass is 9.79. The number of hydrogen-bond acceptors (Lipinski definition) is 2. The first kappa shape index (κ1) is 21.5. The quantitative estimate of drug-likeness (QED) is 0.542. The van der Waals surface area contributed by atoms with E-state index in [0.29, 0.717) is 12.8 Å². The number of ether oxygens (including phenoxy) is 1. The number of aromatic nitrogens is 1. The molecule has 1 heterocycles. The molecule has 1 aliphatic carbocycles. The van der Waals surface area contributed by atoms with Gasteiger partial charge in [-0.25, -0.2) is 0 Å². The monoisotopic (exact) mass is 381 g/mol. The number of rotatable bonds is 6. The van der Waals surface area contributed by atoms with Crippen molar-refractivity contribution in [3.8, 4) is 0 Å². The molecule has 0 fully saturated rings. The molecular weight excluding hydrogens is 351 g/mol. The Morgan fingerprint density at radius 1 is 0.963 bits per heavy atom. The highest BCUT2D eigenvalue weighted by atomic mass is 19.4. The van der Waals surface area contributed by atoms with E-state index in [2.05, 4.69) is 56.5 Å². The van der Waals surface area contributed by atoms with E-state index in [0.717, 1.165) is 30.5 Å². The van der Waals surface area contributed by atoms with Crippen molar-refractivity contribution in [2.45, 2.75) is 73.1 Å². The summed E-state index contributed by atoms with van der Waals surface area (Å²) >= 11 is 0. The first-order valence-corrected chi connectivity index (χ1v) is 9.40. The maximum absolute atomic E-state index is 12.3. The van der Waals surface area contributed by atoms with Crippen molar-refractivity contribution in [2.24, 2.45) is 10.8 Å². The lowest BCUT2D eigenvalue weighted by molar-refractivity contribution is -0.306. The predicted octanol–water partition coefficient (Wildman–Crippen LogP) is 6.77. The molecule has 27 heavy (non-hydrogen) atoms. The van der Waals surface area contributed by atoms with Gasteiger partial charge in [-0.1, -0.05) is 46.3 Å². The van der Waals surface area contributed by atoms with Crippen molar-refractivity contribution < 1.29 is 17.9 Å². The first-order valence-electron chi connectivity index (χ1n) is 9.40. The van der Waals surface area contributed by atoms with E-state index in [1.165, 1.54) is 11.6 Å². The number of hydrogen-bond donors (Lipinski definition) is 0. The van der Waals surface area contributed by atoms with Gasteiger partial charge in [0.05, 0.1) is 0 Å². The number of halogens is 3. The molecule has 0 aliphatic heterocycles. The third-order valence-electron chi connectivity index (χ3n) is 4.42. The third-order valence-corrected chi connectivity index (χ3v) is 4.42. The Kier molecular flexibility index (Phi) is 6.43. The molecule has 1 aromatic heterocycles. The zero-order valence-electron chi connectivity index (χ0n) is 16.9. The van der Waals surface area contributed by atoms with Crippen LogP contribution in [0.5, 0.6) is 0 Å². The Morgan fingerprint density at radius 2 is 1.67 bits per heavy atom. The fourth-order valence-corrected chi connectivity index (χ4v) is 3.56. The number of pyridine rings is 1. The highest BCUT2D eigenvalue weighted by Crippen LogP contribution is 2.35.